The van der Waals surface area contributed by atoms with Crippen molar-refractivity contribution in [2.24, 2.45) is 0 Å². The summed E-state index contributed by atoms with van der Waals surface area (Å²) in [5.74, 6) is -0.131. The first kappa shape index (κ1) is 13.5. The highest BCUT2D eigenvalue weighted by Gasteiger charge is 2.14. The van der Waals surface area contributed by atoms with E-state index in [2.05, 4.69) is 41.5 Å². The van der Waals surface area contributed by atoms with Gasteiger partial charge in [0.15, 0.2) is 5.58 Å². The molecule has 1 amide bonds. The zero-order valence-corrected chi connectivity index (χ0v) is 12.1. The van der Waals surface area contributed by atoms with Crippen molar-refractivity contribution >= 4 is 17.0 Å². The summed E-state index contributed by atoms with van der Waals surface area (Å²) in [5, 5.41) is 2.99. The van der Waals surface area contributed by atoms with Crippen LogP contribution in [0.5, 0.6) is 0 Å². The van der Waals surface area contributed by atoms with E-state index in [0.29, 0.717) is 11.3 Å². The Bertz CT molecular complexity index is 724. The van der Waals surface area contributed by atoms with E-state index in [1.165, 1.54) is 5.56 Å². The van der Waals surface area contributed by atoms with Gasteiger partial charge in [-0.2, -0.15) is 0 Å². The van der Waals surface area contributed by atoms with Gasteiger partial charge < -0.3 is 14.7 Å². The van der Waals surface area contributed by atoms with Crippen LogP contribution in [0, 0.1) is 0 Å². The minimum absolute atomic E-state index is 0.0435. The number of amides is 1. The average molecular weight is 282 g/mol. The van der Waals surface area contributed by atoms with E-state index in [1.54, 1.807) is 18.4 Å². The number of H-pyrrole nitrogens is 1. The maximum Gasteiger partial charge on any atom is 0.268 e. The summed E-state index contributed by atoms with van der Waals surface area (Å²) in [6.45, 7) is 4.10. The Morgan fingerprint density at radius 3 is 2.71 bits per heavy atom. The molecule has 4 heteroatoms. The van der Waals surface area contributed by atoms with Crippen molar-refractivity contribution in [3.05, 3.63) is 59.5 Å². The number of carbonyl (C=O) groups is 1. The standard InChI is InChI=1S/C17H18N2O2/c1-3-12-4-6-13(7-5-12)11(2)18-17(20)15-10-16-14(19-15)8-9-21-16/h4-11,19H,3H2,1-2H3,(H,18,20). The molecule has 0 saturated heterocycles. The molecule has 1 aromatic carbocycles. The van der Waals surface area contributed by atoms with Gasteiger partial charge in [-0.3, -0.25) is 4.79 Å². The van der Waals surface area contributed by atoms with Crippen molar-refractivity contribution < 1.29 is 9.21 Å². The van der Waals surface area contributed by atoms with Crippen LogP contribution in [0.2, 0.25) is 0 Å². The molecule has 0 aliphatic heterocycles. The van der Waals surface area contributed by atoms with Gasteiger partial charge in [0.1, 0.15) is 5.69 Å². The molecular formula is C17H18N2O2. The van der Waals surface area contributed by atoms with Crippen molar-refractivity contribution in [2.45, 2.75) is 26.3 Å². The average Bonchev–Trinajstić information content (AvgIpc) is 3.08. The third kappa shape index (κ3) is 2.70. The molecule has 108 valence electrons. The molecule has 0 radical (unpaired) electrons. The molecule has 2 heterocycles. The first-order valence-corrected chi connectivity index (χ1v) is 7.13. The van der Waals surface area contributed by atoms with Crippen molar-refractivity contribution in [3.8, 4) is 0 Å². The molecule has 1 unspecified atom stereocenters. The lowest BCUT2D eigenvalue weighted by Crippen LogP contribution is -2.26. The van der Waals surface area contributed by atoms with Crippen LogP contribution in [-0.4, -0.2) is 10.9 Å². The highest BCUT2D eigenvalue weighted by molar-refractivity contribution is 5.96. The van der Waals surface area contributed by atoms with Gasteiger partial charge in [0.2, 0.25) is 0 Å². The monoisotopic (exact) mass is 282 g/mol. The minimum atomic E-state index is -0.131. The van der Waals surface area contributed by atoms with Crippen LogP contribution in [-0.2, 0) is 6.42 Å². The van der Waals surface area contributed by atoms with E-state index in [0.717, 1.165) is 17.5 Å². The van der Waals surface area contributed by atoms with Gasteiger partial charge >= 0.3 is 0 Å². The van der Waals surface area contributed by atoms with E-state index in [-0.39, 0.29) is 11.9 Å². The summed E-state index contributed by atoms with van der Waals surface area (Å²) < 4.78 is 5.25. The van der Waals surface area contributed by atoms with Gasteiger partial charge in [-0.15, -0.1) is 0 Å². The second-order valence-corrected chi connectivity index (χ2v) is 5.17. The van der Waals surface area contributed by atoms with Gasteiger partial charge in [0, 0.05) is 12.1 Å². The molecule has 0 saturated carbocycles. The fourth-order valence-electron chi connectivity index (χ4n) is 2.37. The minimum Gasteiger partial charge on any atom is -0.463 e. The Balaban J connectivity index is 1.72. The van der Waals surface area contributed by atoms with Crippen LogP contribution in [0.4, 0.5) is 0 Å². The number of nitrogens with one attached hydrogen (secondary N) is 2. The predicted molar refractivity (Wildman–Crippen MR) is 82.3 cm³/mol. The molecule has 4 nitrogen and oxygen atoms in total. The third-order valence-electron chi connectivity index (χ3n) is 3.72. The van der Waals surface area contributed by atoms with E-state index in [4.69, 9.17) is 4.42 Å². The van der Waals surface area contributed by atoms with E-state index in [1.807, 2.05) is 6.92 Å². The molecule has 0 fully saturated rings. The van der Waals surface area contributed by atoms with Gasteiger partial charge in [-0.1, -0.05) is 31.2 Å². The van der Waals surface area contributed by atoms with Gasteiger partial charge in [0.25, 0.3) is 5.91 Å². The van der Waals surface area contributed by atoms with Crippen LogP contribution in [0.25, 0.3) is 11.1 Å². The maximum absolute atomic E-state index is 12.2. The molecule has 3 rings (SSSR count). The molecule has 21 heavy (non-hydrogen) atoms. The van der Waals surface area contributed by atoms with Crippen molar-refractivity contribution in [2.75, 3.05) is 0 Å². The fraction of sp³-hybridized carbons (Fsp3) is 0.235. The summed E-state index contributed by atoms with van der Waals surface area (Å²) in [5.41, 5.74) is 4.43. The van der Waals surface area contributed by atoms with Crippen molar-refractivity contribution in [1.29, 1.82) is 0 Å². The van der Waals surface area contributed by atoms with Gasteiger partial charge in [0.05, 0.1) is 17.8 Å². The molecule has 1 atom stereocenters. The quantitative estimate of drug-likeness (QED) is 0.764. The smallest absolute Gasteiger partial charge is 0.268 e. The summed E-state index contributed by atoms with van der Waals surface area (Å²) in [7, 11) is 0. The largest absolute Gasteiger partial charge is 0.463 e. The van der Waals surface area contributed by atoms with Crippen molar-refractivity contribution in [1.82, 2.24) is 10.3 Å². The number of furan rings is 1. The molecule has 2 aromatic heterocycles. The zero-order chi connectivity index (χ0) is 14.8. The van der Waals surface area contributed by atoms with Crippen molar-refractivity contribution in [3.63, 3.8) is 0 Å². The lowest BCUT2D eigenvalue weighted by Gasteiger charge is -2.14. The van der Waals surface area contributed by atoms with E-state index in [9.17, 15) is 4.79 Å². The Labute approximate surface area is 123 Å². The number of aromatic nitrogens is 1. The molecule has 2 N–H and O–H groups in total. The molecular weight excluding hydrogens is 264 g/mol. The Morgan fingerprint density at radius 1 is 1.29 bits per heavy atom. The second-order valence-electron chi connectivity index (χ2n) is 5.17. The number of aryl methyl sites for hydroxylation is 1. The highest BCUT2D eigenvalue weighted by Crippen LogP contribution is 2.18. The predicted octanol–water partition coefficient (Wildman–Crippen LogP) is 3.81. The lowest BCUT2D eigenvalue weighted by molar-refractivity contribution is 0.0935. The lowest BCUT2D eigenvalue weighted by atomic mass is 10.0. The Hall–Kier alpha value is -2.49. The van der Waals surface area contributed by atoms with Crippen LogP contribution in [0.3, 0.4) is 0 Å². The molecule has 0 spiro atoms. The number of fused-ring (bicyclic) bond motifs is 1. The summed E-state index contributed by atoms with van der Waals surface area (Å²) in [6, 6.07) is 11.8. The normalized spacial score (nSPS) is 12.5. The molecule has 0 aliphatic rings. The van der Waals surface area contributed by atoms with Gasteiger partial charge in [-0.05, 0) is 24.5 Å². The first-order chi connectivity index (χ1) is 10.2. The maximum atomic E-state index is 12.2. The van der Waals surface area contributed by atoms with E-state index >= 15 is 0 Å². The summed E-state index contributed by atoms with van der Waals surface area (Å²) in [6.07, 6.45) is 2.61. The number of benzene rings is 1. The van der Waals surface area contributed by atoms with Gasteiger partial charge in [-0.25, -0.2) is 0 Å². The summed E-state index contributed by atoms with van der Waals surface area (Å²) >= 11 is 0. The molecule has 0 bridgehead atoms. The van der Waals surface area contributed by atoms with Crippen LogP contribution >= 0.6 is 0 Å². The van der Waals surface area contributed by atoms with Crippen LogP contribution in [0.1, 0.15) is 41.5 Å². The third-order valence-corrected chi connectivity index (χ3v) is 3.72. The number of hydrogen-bond acceptors (Lipinski definition) is 2. The zero-order valence-electron chi connectivity index (χ0n) is 12.1. The first-order valence-electron chi connectivity index (χ1n) is 7.13. The number of rotatable bonds is 4. The Morgan fingerprint density at radius 2 is 2.05 bits per heavy atom. The fourth-order valence-corrected chi connectivity index (χ4v) is 2.37. The van der Waals surface area contributed by atoms with Crippen LogP contribution in [0.15, 0.2) is 47.1 Å². The Kier molecular flexibility index (Phi) is 3.52. The molecule has 0 aliphatic carbocycles. The number of hydrogen-bond donors (Lipinski definition) is 2. The second kappa shape index (κ2) is 5.48. The van der Waals surface area contributed by atoms with E-state index < -0.39 is 0 Å². The topological polar surface area (TPSA) is 58.0 Å². The summed E-state index contributed by atoms with van der Waals surface area (Å²) in [4.78, 5) is 15.3. The SMILES string of the molecule is CCc1ccc(C(C)NC(=O)c2cc3occc3[nH]2)cc1. The number of carbonyl (C=O) groups excluding carboxylic acids is 1. The van der Waals surface area contributed by atoms with Crippen LogP contribution < -0.4 is 5.32 Å². The highest BCUT2D eigenvalue weighted by atomic mass is 16.3. The molecule has 3 aromatic rings. The number of aromatic amines is 1.